The third-order valence-corrected chi connectivity index (χ3v) is 5.89. The molecule has 0 N–H and O–H groups in total. The number of amides is 1. The minimum Gasteiger partial charge on any atom is -0.341 e. The van der Waals surface area contributed by atoms with Crippen LogP contribution in [0.2, 0.25) is 0 Å². The zero-order valence-corrected chi connectivity index (χ0v) is 14.8. The Kier molecular flexibility index (Phi) is 4.52. The van der Waals surface area contributed by atoms with E-state index in [0.717, 1.165) is 32.1 Å². The molecule has 3 saturated heterocycles. The molecule has 126 valence electrons. The van der Waals surface area contributed by atoms with Crippen LogP contribution in [0.1, 0.15) is 40.5 Å². The highest BCUT2D eigenvalue weighted by Gasteiger charge is 2.49. The molecular weight excluding hydrogens is 274 g/mol. The van der Waals surface area contributed by atoms with Crippen LogP contribution in [0.15, 0.2) is 0 Å². The zero-order chi connectivity index (χ0) is 15.9. The molecule has 0 aromatic rings. The summed E-state index contributed by atoms with van der Waals surface area (Å²) in [5.41, 5.74) is 0.463. The summed E-state index contributed by atoms with van der Waals surface area (Å²) in [7, 11) is 0. The van der Waals surface area contributed by atoms with Gasteiger partial charge in [-0.1, -0.05) is 13.8 Å². The summed E-state index contributed by atoms with van der Waals surface area (Å²) in [5.74, 6) is 1.46. The summed E-state index contributed by atoms with van der Waals surface area (Å²) in [5, 5.41) is 0. The smallest absolute Gasteiger partial charge is 0.228 e. The van der Waals surface area contributed by atoms with Gasteiger partial charge in [-0.25, -0.2) is 0 Å². The molecule has 3 heterocycles. The second-order valence-electron chi connectivity index (χ2n) is 8.63. The first kappa shape index (κ1) is 16.3. The average molecular weight is 307 g/mol. The lowest BCUT2D eigenvalue weighted by Gasteiger charge is -2.56. The molecule has 0 aromatic heterocycles. The number of rotatable bonds is 4. The third-order valence-electron chi connectivity index (χ3n) is 5.89. The van der Waals surface area contributed by atoms with E-state index in [0.29, 0.717) is 17.4 Å². The Morgan fingerprint density at radius 1 is 1.09 bits per heavy atom. The van der Waals surface area contributed by atoms with E-state index in [1.165, 1.54) is 32.5 Å². The molecule has 0 aliphatic carbocycles. The Labute approximate surface area is 135 Å². The van der Waals surface area contributed by atoms with Gasteiger partial charge in [0.15, 0.2) is 0 Å². The van der Waals surface area contributed by atoms with E-state index in [1.54, 1.807) is 0 Å². The minimum absolute atomic E-state index is 0.279. The average Bonchev–Trinajstić information content (AvgIpc) is 2.34. The number of nitrogens with zero attached hydrogens (tertiary/aromatic N) is 3. The topological polar surface area (TPSA) is 26.8 Å². The van der Waals surface area contributed by atoms with Gasteiger partial charge in [-0.15, -0.1) is 0 Å². The third kappa shape index (κ3) is 3.18. The lowest BCUT2D eigenvalue weighted by atomic mass is 9.71. The van der Waals surface area contributed by atoms with Crippen LogP contribution in [0.5, 0.6) is 0 Å². The molecule has 1 spiro atoms. The van der Waals surface area contributed by atoms with Crippen LogP contribution in [-0.4, -0.2) is 72.5 Å². The van der Waals surface area contributed by atoms with Gasteiger partial charge in [0.2, 0.25) is 5.91 Å². The lowest BCUT2D eigenvalue weighted by Crippen LogP contribution is -2.66. The highest BCUT2D eigenvalue weighted by Crippen LogP contribution is 2.41. The largest absolute Gasteiger partial charge is 0.341 e. The quantitative estimate of drug-likeness (QED) is 0.794. The molecule has 4 nitrogen and oxygen atoms in total. The van der Waals surface area contributed by atoms with E-state index in [-0.39, 0.29) is 5.92 Å². The molecule has 3 aliphatic heterocycles. The molecule has 22 heavy (non-hydrogen) atoms. The van der Waals surface area contributed by atoms with E-state index in [1.807, 2.05) is 0 Å². The number of piperidine rings is 1. The maximum Gasteiger partial charge on any atom is 0.228 e. The lowest BCUT2D eigenvalue weighted by molar-refractivity contribution is -0.157. The molecule has 4 heteroatoms. The summed E-state index contributed by atoms with van der Waals surface area (Å²) in [4.78, 5) is 19.6. The molecular formula is C18H33N3O. The molecule has 0 saturated carbocycles. The fraction of sp³-hybridized carbons (Fsp3) is 0.944. The Hall–Kier alpha value is -0.610. The van der Waals surface area contributed by atoms with Gasteiger partial charge in [0.25, 0.3) is 0 Å². The molecule has 3 aliphatic rings. The summed E-state index contributed by atoms with van der Waals surface area (Å²) in [6.07, 6.45) is 2.57. The van der Waals surface area contributed by atoms with Crippen LogP contribution in [0.3, 0.4) is 0 Å². The molecule has 0 atom stereocenters. The van der Waals surface area contributed by atoms with Crippen molar-refractivity contribution in [3.05, 3.63) is 0 Å². The van der Waals surface area contributed by atoms with Crippen molar-refractivity contribution in [2.75, 3.05) is 45.8 Å². The van der Waals surface area contributed by atoms with E-state index in [9.17, 15) is 4.79 Å². The standard InChI is InChI=1S/C18H33N3O/c1-14(2)9-19-7-5-18(6-8-19)12-21(13-18)17(22)16-10-20(11-16)15(3)4/h14-16H,5-13H2,1-4H3. The zero-order valence-electron chi connectivity index (χ0n) is 14.8. The fourth-order valence-electron chi connectivity index (χ4n) is 4.31. The van der Waals surface area contributed by atoms with E-state index in [4.69, 9.17) is 0 Å². The first-order valence-electron chi connectivity index (χ1n) is 9.14. The monoisotopic (exact) mass is 307 g/mol. The summed E-state index contributed by atoms with van der Waals surface area (Å²) in [6.45, 7) is 16.7. The number of carbonyl (C=O) groups is 1. The van der Waals surface area contributed by atoms with Gasteiger partial charge in [0, 0.05) is 44.2 Å². The minimum atomic E-state index is 0.279. The highest BCUT2D eigenvalue weighted by molar-refractivity contribution is 5.81. The van der Waals surface area contributed by atoms with Crippen molar-refractivity contribution < 1.29 is 4.79 Å². The number of hydrogen-bond donors (Lipinski definition) is 0. The summed E-state index contributed by atoms with van der Waals surface area (Å²) >= 11 is 0. The Bertz CT molecular complexity index is 399. The fourth-order valence-corrected chi connectivity index (χ4v) is 4.31. The summed E-state index contributed by atoms with van der Waals surface area (Å²) < 4.78 is 0. The van der Waals surface area contributed by atoms with Crippen molar-refractivity contribution in [3.8, 4) is 0 Å². The second kappa shape index (κ2) is 6.12. The van der Waals surface area contributed by atoms with Gasteiger partial charge in [0.1, 0.15) is 0 Å². The normalized spacial score (nSPS) is 26.5. The van der Waals surface area contributed by atoms with E-state index < -0.39 is 0 Å². The van der Waals surface area contributed by atoms with Crippen LogP contribution in [-0.2, 0) is 4.79 Å². The van der Waals surface area contributed by atoms with Gasteiger partial charge in [0.05, 0.1) is 5.92 Å². The maximum absolute atomic E-state index is 12.5. The first-order valence-corrected chi connectivity index (χ1v) is 9.14. The van der Waals surface area contributed by atoms with Crippen molar-refractivity contribution in [2.45, 2.75) is 46.6 Å². The van der Waals surface area contributed by atoms with Crippen molar-refractivity contribution in [1.29, 1.82) is 0 Å². The van der Waals surface area contributed by atoms with Gasteiger partial charge in [-0.05, 0) is 45.7 Å². The van der Waals surface area contributed by atoms with Crippen LogP contribution < -0.4 is 0 Å². The Balaban J connectivity index is 1.40. The SMILES string of the molecule is CC(C)CN1CCC2(CC1)CN(C(=O)C1CN(C(C)C)C1)C2. The molecule has 0 radical (unpaired) electrons. The second-order valence-corrected chi connectivity index (χ2v) is 8.63. The van der Waals surface area contributed by atoms with Gasteiger partial charge >= 0.3 is 0 Å². The van der Waals surface area contributed by atoms with Gasteiger partial charge in [-0.3, -0.25) is 9.69 Å². The van der Waals surface area contributed by atoms with Crippen molar-refractivity contribution in [2.24, 2.45) is 17.3 Å². The molecule has 1 amide bonds. The Morgan fingerprint density at radius 2 is 1.68 bits per heavy atom. The molecule has 0 aromatic carbocycles. The molecule has 0 bridgehead atoms. The van der Waals surface area contributed by atoms with E-state index >= 15 is 0 Å². The predicted molar refractivity (Wildman–Crippen MR) is 89.7 cm³/mol. The van der Waals surface area contributed by atoms with Crippen LogP contribution in [0.4, 0.5) is 0 Å². The van der Waals surface area contributed by atoms with Crippen LogP contribution in [0, 0.1) is 17.3 Å². The van der Waals surface area contributed by atoms with Gasteiger partial charge < -0.3 is 9.80 Å². The van der Waals surface area contributed by atoms with Gasteiger partial charge in [-0.2, -0.15) is 0 Å². The summed E-state index contributed by atoms with van der Waals surface area (Å²) in [6, 6.07) is 0.581. The van der Waals surface area contributed by atoms with Crippen LogP contribution in [0.25, 0.3) is 0 Å². The van der Waals surface area contributed by atoms with Crippen molar-refractivity contribution >= 4 is 5.91 Å². The maximum atomic E-state index is 12.5. The molecule has 0 unspecified atom stereocenters. The Morgan fingerprint density at radius 3 is 2.18 bits per heavy atom. The highest BCUT2D eigenvalue weighted by atomic mass is 16.2. The number of carbonyl (C=O) groups excluding carboxylic acids is 1. The predicted octanol–water partition coefficient (Wildman–Crippen LogP) is 1.91. The van der Waals surface area contributed by atoms with Crippen molar-refractivity contribution in [1.82, 2.24) is 14.7 Å². The molecule has 3 rings (SSSR count). The van der Waals surface area contributed by atoms with Crippen LogP contribution >= 0.6 is 0 Å². The number of likely N-dealkylation sites (tertiary alicyclic amines) is 3. The number of hydrogen-bond acceptors (Lipinski definition) is 3. The molecule has 3 fully saturated rings. The van der Waals surface area contributed by atoms with E-state index in [2.05, 4.69) is 42.4 Å². The first-order chi connectivity index (χ1) is 10.4. The van der Waals surface area contributed by atoms with Crippen molar-refractivity contribution in [3.63, 3.8) is 0 Å².